The summed E-state index contributed by atoms with van der Waals surface area (Å²) in [7, 11) is 0. The summed E-state index contributed by atoms with van der Waals surface area (Å²) in [5.74, 6) is 1.35. The van der Waals surface area contributed by atoms with Gasteiger partial charge in [0.15, 0.2) is 5.16 Å². The van der Waals surface area contributed by atoms with Crippen LogP contribution in [0.1, 0.15) is 18.7 Å². The van der Waals surface area contributed by atoms with Crippen molar-refractivity contribution in [3.63, 3.8) is 0 Å². The summed E-state index contributed by atoms with van der Waals surface area (Å²) in [6.45, 7) is 1.22. The van der Waals surface area contributed by atoms with Gasteiger partial charge in [-0.15, -0.1) is 0 Å². The standard InChI is InChI=1S/C22H19ClN4O3S/c23-15-9-7-14(8-10-15)20-25-19(30-26-20)13-31-22-24-18-6-2-1-5-17(18)21(28)27(22)12-16-4-3-11-29-16/h1-2,5-10,16H,3-4,11-13H2/t16-/m0/s1. The van der Waals surface area contributed by atoms with Crippen LogP contribution in [0.4, 0.5) is 0 Å². The molecule has 158 valence electrons. The van der Waals surface area contributed by atoms with Crippen molar-refractivity contribution in [3.8, 4) is 11.4 Å². The zero-order valence-electron chi connectivity index (χ0n) is 16.5. The molecule has 5 rings (SSSR count). The molecule has 0 amide bonds. The van der Waals surface area contributed by atoms with Crippen LogP contribution in [0.25, 0.3) is 22.3 Å². The number of rotatable bonds is 6. The fraction of sp³-hybridized carbons (Fsp3) is 0.273. The van der Waals surface area contributed by atoms with Crippen LogP contribution in [0.2, 0.25) is 5.02 Å². The van der Waals surface area contributed by atoms with Gasteiger partial charge in [0, 0.05) is 17.2 Å². The molecule has 31 heavy (non-hydrogen) atoms. The molecule has 0 radical (unpaired) electrons. The van der Waals surface area contributed by atoms with Gasteiger partial charge in [0.1, 0.15) is 0 Å². The van der Waals surface area contributed by atoms with E-state index in [1.165, 1.54) is 11.8 Å². The van der Waals surface area contributed by atoms with Crippen molar-refractivity contribution in [1.29, 1.82) is 0 Å². The van der Waals surface area contributed by atoms with E-state index >= 15 is 0 Å². The average molecular weight is 455 g/mol. The molecule has 0 bridgehead atoms. The largest absolute Gasteiger partial charge is 0.376 e. The van der Waals surface area contributed by atoms with Crippen LogP contribution in [0.15, 0.2) is 63.0 Å². The normalized spacial score (nSPS) is 16.2. The van der Waals surface area contributed by atoms with Crippen molar-refractivity contribution >= 4 is 34.3 Å². The van der Waals surface area contributed by atoms with E-state index in [1.54, 1.807) is 16.7 Å². The second kappa shape index (κ2) is 8.82. The summed E-state index contributed by atoms with van der Waals surface area (Å²) in [4.78, 5) is 22.4. The molecular formula is C22H19ClN4O3S. The summed E-state index contributed by atoms with van der Waals surface area (Å²) >= 11 is 7.34. The van der Waals surface area contributed by atoms with E-state index in [-0.39, 0.29) is 11.7 Å². The minimum atomic E-state index is -0.0593. The number of aromatic nitrogens is 4. The first-order chi connectivity index (χ1) is 15.2. The highest BCUT2D eigenvalue weighted by Crippen LogP contribution is 2.25. The number of hydrogen-bond acceptors (Lipinski definition) is 7. The van der Waals surface area contributed by atoms with Gasteiger partial charge in [0.2, 0.25) is 11.7 Å². The van der Waals surface area contributed by atoms with E-state index in [2.05, 4.69) is 10.1 Å². The van der Waals surface area contributed by atoms with Crippen molar-refractivity contribution < 1.29 is 9.26 Å². The summed E-state index contributed by atoms with van der Waals surface area (Å²) < 4.78 is 12.9. The first-order valence-electron chi connectivity index (χ1n) is 10.00. The molecule has 1 atom stereocenters. The number of halogens is 1. The van der Waals surface area contributed by atoms with Crippen molar-refractivity contribution in [2.75, 3.05) is 6.61 Å². The molecule has 1 fully saturated rings. The summed E-state index contributed by atoms with van der Waals surface area (Å²) in [5, 5.41) is 5.92. The van der Waals surface area contributed by atoms with Crippen LogP contribution in [-0.2, 0) is 17.0 Å². The number of thioether (sulfide) groups is 1. The van der Waals surface area contributed by atoms with Crippen LogP contribution in [0, 0.1) is 0 Å². The average Bonchev–Trinajstić information content (AvgIpc) is 3.47. The Labute approximate surface area is 187 Å². The van der Waals surface area contributed by atoms with Gasteiger partial charge in [-0.05, 0) is 49.2 Å². The van der Waals surface area contributed by atoms with Gasteiger partial charge >= 0.3 is 0 Å². The number of fused-ring (bicyclic) bond motifs is 1. The Morgan fingerprint density at radius 1 is 1.13 bits per heavy atom. The molecule has 1 saturated heterocycles. The first-order valence-corrected chi connectivity index (χ1v) is 11.4. The van der Waals surface area contributed by atoms with Gasteiger partial charge in [0.25, 0.3) is 5.56 Å². The van der Waals surface area contributed by atoms with Crippen LogP contribution in [0.5, 0.6) is 0 Å². The van der Waals surface area contributed by atoms with Gasteiger partial charge in [-0.25, -0.2) is 4.98 Å². The molecule has 4 aromatic rings. The Hall–Kier alpha value is -2.68. The van der Waals surface area contributed by atoms with E-state index in [1.807, 2.05) is 36.4 Å². The van der Waals surface area contributed by atoms with Crippen molar-refractivity contribution in [2.45, 2.75) is 36.4 Å². The molecule has 1 aliphatic heterocycles. The number of nitrogens with zero attached hydrogens (tertiary/aromatic N) is 4. The maximum Gasteiger partial charge on any atom is 0.262 e. The van der Waals surface area contributed by atoms with Gasteiger partial charge < -0.3 is 9.26 Å². The lowest BCUT2D eigenvalue weighted by atomic mass is 10.2. The number of para-hydroxylation sites is 1. The third-order valence-corrected chi connectivity index (χ3v) is 6.35. The molecule has 2 aromatic carbocycles. The summed E-state index contributed by atoms with van der Waals surface area (Å²) in [5.41, 5.74) is 1.44. The Morgan fingerprint density at radius 2 is 1.97 bits per heavy atom. The third kappa shape index (κ3) is 4.37. The zero-order valence-corrected chi connectivity index (χ0v) is 18.1. The Kier molecular flexibility index (Phi) is 5.76. The van der Waals surface area contributed by atoms with E-state index in [0.717, 1.165) is 25.0 Å². The Balaban J connectivity index is 1.41. The molecule has 1 aliphatic rings. The van der Waals surface area contributed by atoms with Gasteiger partial charge in [-0.3, -0.25) is 9.36 Å². The maximum absolute atomic E-state index is 13.2. The quantitative estimate of drug-likeness (QED) is 0.311. The molecule has 0 saturated carbocycles. The lowest BCUT2D eigenvalue weighted by molar-refractivity contribution is 0.0937. The monoisotopic (exact) mass is 454 g/mol. The zero-order chi connectivity index (χ0) is 21.2. The molecule has 0 spiro atoms. The van der Waals surface area contributed by atoms with Crippen molar-refractivity contribution in [1.82, 2.24) is 19.7 Å². The summed E-state index contributed by atoms with van der Waals surface area (Å²) in [6.07, 6.45) is 1.98. The second-order valence-electron chi connectivity index (χ2n) is 7.27. The SMILES string of the molecule is O=c1c2ccccc2nc(SCc2nc(-c3ccc(Cl)cc3)no2)n1C[C@@H]1CCCO1. The van der Waals surface area contributed by atoms with E-state index < -0.39 is 0 Å². The van der Waals surface area contributed by atoms with Crippen molar-refractivity contribution in [3.05, 3.63) is 69.8 Å². The maximum atomic E-state index is 13.2. The lowest BCUT2D eigenvalue weighted by Crippen LogP contribution is -2.28. The van der Waals surface area contributed by atoms with E-state index in [9.17, 15) is 4.79 Å². The predicted octanol–water partition coefficient (Wildman–Crippen LogP) is 4.57. The van der Waals surface area contributed by atoms with Crippen LogP contribution >= 0.6 is 23.4 Å². The minimum Gasteiger partial charge on any atom is -0.376 e. The highest BCUT2D eigenvalue weighted by atomic mass is 35.5. The van der Waals surface area contributed by atoms with Crippen LogP contribution in [0.3, 0.4) is 0 Å². The molecule has 3 heterocycles. The molecular weight excluding hydrogens is 436 g/mol. The smallest absolute Gasteiger partial charge is 0.262 e. The fourth-order valence-electron chi connectivity index (χ4n) is 3.57. The number of benzene rings is 2. The first kappa shape index (κ1) is 20.2. The Bertz CT molecular complexity index is 1270. The van der Waals surface area contributed by atoms with Crippen LogP contribution < -0.4 is 5.56 Å². The van der Waals surface area contributed by atoms with E-state index in [4.69, 9.17) is 25.8 Å². The topological polar surface area (TPSA) is 83.0 Å². The Morgan fingerprint density at radius 3 is 2.77 bits per heavy atom. The molecule has 0 unspecified atom stereocenters. The third-order valence-electron chi connectivity index (χ3n) is 5.13. The number of hydrogen-bond donors (Lipinski definition) is 0. The number of ether oxygens (including phenoxy) is 1. The molecule has 2 aromatic heterocycles. The highest BCUT2D eigenvalue weighted by Gasteiger charge is 2.21. The van der Waals surface area contributed by atoms with Crippen LogP contribution in [-0.4, -0.2) is 32.4 Å². The van der Waals surface area contributed by atoms with E-state index in [0.29, 0.717) is 45.1 Å². The summed E-state index contributed by atoms with van der Waals surface area (Å²) in [6, 6.07) is 14.6. The predicted molar refractivity (Wildman–Crippen MR) is 119 cm³/mol. The second-order valence-corrected chi connectivity index (χ2v) is 8.65. The lowest BCUT2D eigenvalue weighted by Gasteiger charge is -2.16. The molecule has 0 N–H and O–H groups in total. The minimum absolute atomic E-state index is 0.0277. The van der Waals surface area contributed by atoms with Crippen molar-refractivity contribution in [2.24, 2.45) is 0 Å². The molecule has 0 aliphatic carbocycles. The molecule has 7 nitrogen and oxygen atoms in total. The van der Waals surface area contributed by atoms with Gasteiger partial charge in [0.05, 0.1) is 29.3 Å². The van der Waals surface area contributed by atoms with Gasteiger partial charge in [-0.2, -0.15) is 4.98 Å². The highest BCUT2D eigenvalue weighted by molar-refractivity contribution is 7.98. The fourth-order valence-corrected chi connectivity index (χ4v) is 4.54. The van der Waals surface area contributed by atoms with Gasteiger partial charge in [-0.1, -0.05) is 40.7 Å². The molecule has 9 heteroatoms.